The number of carbonyl (C=O) groups excluding carboxylic acids is 1. The quantitative estimate of drug-likeness (QED) is 0.475. The van der Waals surface area contributed by atoms with E-state index in [1.807, 2.05) is 0 Å². The smallest absolute Gasteiger partial charge is 0.246 e. The van der Waals surface area contributed by atoms with Crippen LogP contribution in [0.4, 0.5) is 0 Å². The average Bonchev–Trinajstić information content (AvgIpc) is 2.34. The fourth-order valence-electron chi connectivity index (χ4n) is 0.502. The maximum absolute atomic E-state index is 10.2. The van der Waals surface area contributed by atoms with Gasteiger partial charge in [-0.25, -0.2) is 4.98 Å². The molecule has 0 aromatic carbocycles. The summed E-state index contributed by atoms with van der Waals surface area (Å²) in [6.45, 7) is 0. The Morgan fingerprint density at radius 3 is 3.00 bits per heavy atom. The van der Waals surface area contributed by atoms with Gasteiger partial charge in [-0.3, -0.25) is 4.79 Å². The van der Waals surface area contributed by atoms with Crippen LogP contribution in [0.5, 0.6) is 0 Å². The highest BCUT2D eigenvalue weighted by atomic mass is 35.5. The van der Waals surface area contributed by atoms with Crippen molar-refractivity contribution in [3.05, 3.63) is 24.8 Å². The van der Waals surface area contributed by atoms with E-state index in [1.165, 1.54) is 12.3 Å². The standard InChI is InChI=1S/C6H5ClN2O/c7-6(10)1-3-9-4-2-8-5-9/h1-5H. The number of allylic oxidation sites excluding steroid dienone is 1. The first-order valence-corrected chi connectivity index (χ1v) is 3.02. The largest absolute Gasteiger partial charge is 0.313 e. The van der Waals surface area contributed by atoms with E-state index in [1.54, 1.807) is 23.3 Å². The van der Waals surface area contributed by atoms with E-state index in [0.29, 0.717) is 0 Å². The fourth-order valence-corrected chi connectivity index (χ4v) is 0.559. The Hall–Kier alpha value is -1.09. The number of halogens is 1. The molecule has 0 N–H and O–H groups in total. The van der Waals surface area contributed by atoms with Crippen LogP contribution < -0.4 is 0 Å². The van der Waals surface area contributed by atoms with Crippen LogP contribution in [0, 0.1) is 0 Å². The molecule has 10 heavy (non-hydrogen) atoms. The summed E-state index contributed by atoms with van der Waals surface area (Å²) in [5, 5.41) is -0.492. The third-order valence-corrected chi connectivity index (χ3v) is 1.03. The van der Waals surface area contributed by atoms with Crippen LogP contribution in [-0.2, 0) is 4.79 Å². The lowest BCUT2D eigenvalue weighted by molar-refractivity contribution is -0.107. The molecule has 1 rings (SSSR count). The summed E-state index contributed by atoms with van der Waals surface area (Å²) in [4.78, 5) is 13.9. The molecule has 0 aliphatic carbocycles. The van der Waals surface area contributed by atoms with Crippen LogP contribution in [0.2, 0.25) is 0 Å². The van der Waals surface area contributed by atoms with E-state index in [2.05, 4.69) is 4.98 Å². The van der Waals surface area contributed by atoms with Crippen molar-refractivity contribution in [3.8, 4) is 0 Å². The molecule has 0 aliphatic heterocycles. The summed E-state index contributed by atoms with van der Waals surface area (Å²) in [7, 11) is 0. The minimum absolute atomic E-state index is 0.492. The van der Waals surface area contributed by atoms with Crippen molar-refractivity contribution in [2.75, 3.05) is 0 Å². The zero-order valence-corrected chi connectivity index (χ0v) is 5.82. The maximum atomic E-state index is 10.2. The molecule has 1 aromatic rings. The van der Waals surface area contributed by atoms with Gasteiger partial charge in [0, 0.05) is 24.7 Å². The van der Waals surface area contributed by atoms with Gasteiger partial charge in [0.1, 0.15) is 0 Å². The van der Waals surface area contributed by atoms with Crippen molar-refractivity contribution in [2.24, 2.45) is 0 Å². The number of hydrogen-bond acceptors (Lipinski definition) is 2. The number of aromatic nitrogens is 2. The molecule has 0 amide bonds. The first-order chi connectivity index (χ1) is 4.79. The molecule has 0 saturated heterocycles. The van der Waals surface area contributed by atoms with Gasteiger partial charge in [-0.1, -0.05) is 0 Å². The molecule has 0 aliphatic rings. The highest BCUT2D eigenvalue weighted by Crippen LogP contribution is 1.88. The molecular formula is C6H5ClN2O. The van der Waals surface area contributed by atoms with Crippen LogP contribution in [0.1, 0.15) is 0 Å². The van der Waals surface area contributed by atoms with Crippen molar-refractivity contribution in [1.29, 1.82) is 0 Å². The molecule has 3 nitrogen and oxygen atoms in total. The zero-order valence-electron chi connectivity index (χ0n) is 5.07. The second-order valence-corrected chi connectivity index (χ2v) is 2.00. The SMILES string of the molecule is O=C(Cl)C=Cn1ccnc1. The molecule has 1 heterocycles. The summed E-state index contributed by atoms with van der Waals surface area (Å²) < 4.78 is 1.63. The topological polar surface area (TPSA) is 34.9 Å². The first-order valence-electron chi connectivity index (χ1n) is 2.64. The summed E-state index contributed by atoms with van der Waals surface area (Å²) in [6.07, 6.45) is 7.67. The molecule has 4 heteroatoms. The van der Waals surface area contributed by atoms with Gasteiger partial charge < -0.3 is 4.57 Å². The third kappa shape index (κ3) is 2.03. The van der Waals surface area contributed by atoms with Crippen molar-refractivity contribution < 1.29 is 4.79 Å². The van der Waals surface area contributed by atoms with Crippen molar-refractivity contribution >= 4 is 23.0 Å². The predicted molar refractivity (Wildman–Crippen MR) is 38.4 cm³/mol. The minimum Gasteiger partial charge on any atom is -0.313 e. The Bertz CT molecular complexity index is 240. The Balaban J connectivity index is 2.64. The van der Waals surface area contributed by atoms with Gasteiger partial charge in [-0.05, 0) is 11.6 Å². The van der Waals surface area contributed by atoms with Gasteiger partial charge in [0.15, 0.2) is 0 Å². The number of hydrogen-bond donors (Lipinski definition) is 0. The lowest BCUT2D eigenvalue weighted by atomic mass is 10.6. The third-order valence-electron chi connectivity index (χ3n) is 0.903. The van der Waals surface area contributed by atoms with Crippen molar-refractivity contribution in [1.82, 2.24) is 9.55 Å². The Morgan fingerprint density at radius 2 is 2.50 bits per heavy atom. The van der Waals surface area contributed by atoms with Crippen LogP contribution in [0.25, 0.3) is 6.20 Å². The molecule has 0 bridgehead atoms. The van der Waals surface area contributed by atoms with E-state index in [9.17, 15) is 4.79 Å². The van der Waals surface area contributed by atoms with Gasteiger partial charge in [-0.2, -0.15) is 0 Å². The van der Waals surface area contributed by atoms with Crippen LogP contribution in [-0.4, -0.2) is 14.8 Å². The zero-order chi connectivity index (χ0) is 7.40. The second-order valence-electron chi connectivity index (χ2n) is 1.63. The normalized spacial score (nSPS) is 10.5. The van der Waals surface area contributed by atoms with E-state index < -0.39 is 5.24 Å². The number of rotatable bonds is 2. The molecule has 0 unspecified atom stereocenters. The van der Waals surface area contributed by atoms with Gasteiger partial charge in [0.25, 0.3) is 0 Å². The van der Waals surface area contributed by atoms with E-state index >= 15 is 0 Å². The monoisotopic (exact) mass is 156 g/mol. The molecular weight excluding hydrogens is 152 g/mol. The highest BCUT2D eigenvalue weighted by molar-refractivity contribution is 6.66. The Morgan fingerprint density at radius 1 is 1.70 bits per heavy atom. The number of nitrogens with zero attached hydrogens (tertiary/aromatic N) is 2. The Kier molecular flexibility index (Phi) is 2.23. The molecule has 0 saturated carbocycles. The summed E-state index contributed by atoms with van der Waals surface area (Å²) in [6, 6.07) is 0. The highest BCUT2D eigenvalue weighted by Gasteiger charge is 1.84. The van der Waals surface area contributed by atoms with Gasteiger partial charge >= 0.3 is 0 Å². The fraction of sp³-hybridized carbons (Fsp3) is 0. The van der Waals surface area contributed by atoms with Crippen LogP contribution >= 0.6 is 11.6 Å². The van der Waals surface area contributed by atoms with Crippen molar-refractivity contribution in [3.63, 3.8) is 0 Å². The molecule has 0 spiro atoms. The van der Waals surface area contributed by atoms with Gasteiger partial charge in [0.05, 0.1) is 6.33 Å². The van der Waals surface area contributed by atoms with E-state index in [-0.39, 0.29) is 0 Å². The second kappa shape index (κ2) is 3.17. The number of imidazole rings is 1. The summed E-state index contributed by atoms with van der Waals surface area (Å²) in [5.74, 6) is 0. The van der Waals surface area contributed by atoms with E-state index in [0.717, 1.165) is 0 Å². The molecule has 0 fully saturated rings. The van der Waals surface area contributed by atoms with Crippen molar-refractivity contribution in [2.45, 2.75) is 0 Å². The summed E-state index contributed by atoms with van der Waals surface area (Å²) in [5.41, 5.74) is 0. The lowest BCUT2D eigenvalue weighted by Gasteiger charge is -1.85. The minimum atomic E-state index is -0.492. The Labute approximate surface area is 62.9 Å². The van der Waals surface area contributed by atoms with Gasteiger partial charge in [-0.15, -0.1) is 0 Å². The van der Waals surface area contributed by atoms with Crippen LogP contribution in [0.15, 0.2) is 24.8 Å². The van der Waals surface area contributed by atoms with Gasteiger partial charge in [0.2, 0.25) is 5.24 Å². The first kappa shape index (κ1) is 7.02. The van der Waals surface area contributed by atoms with Crippen LogP contribution in [0.3, 0.4) is 0 Å². The molecule has 0 atom stereocenters. The number of carbonyl (C=O) groups is 1. The molecule has 1 aromatic heterocycles. The predicted octanol–water partition coefficient (Wildman–Crippen LogP) is 1.12. The molecule has 52 valence electrons. The lowest BCUT2D eigenvalue weighted by Crippen LogP contribution is -1.81. The van der Waals surface area contributed by atoms with E-state index in [4.69, 9.17) is 11.6 Å². The maximum Gasteiger partial charge on any atom is 0.246 e. The molecule has 0 radical (unpaired) electrons. The average molecular weight is 157 g/mol. The summed E-state index contributed by atoms with van der Waals surface area (Å²) >= 11 is 5.04.